The molecule has 0 aliphatic heterocycles. The molecule has 0 saturated heterocycles. The lowest BCUT2D eigenvalue weighted by Crippen LogP contribution is -2.08. The Bertz CT molecular complexity index is 627. The Morgan fingerprint density at radius 2 is 1.81 bits per heavy atom. The number of anilines is 1. The van der Waals surface area contributed by atoms with Gasteiger partial charge in [0.2, 0.25) is 0 Å². The number of aromatic nitrogens is 1. The van der Waals surface area contributed by atoms with E-state index in [9.17, 15) is 5.11 Å². The third-order valence-corrected chi connectivity index (χ3v) is 3.31. The summed E-state index contributed by atoms with van der Waals surface area (Å²) in [5, 5.41) is 9.48. The maximum atomic E-state index is 9.48. The number of hydrogen-bond acceptors (Lipinski definition) is 5. The molecule has 112 valence electrons. The maximum Gasteiger partial charge on any atom is 0.131 e. The first kappa shape index (κ1) is 15.1. The molecule has 0 aliphatic rings. The zero-order valence-corrected chi connectivity index (χ0v) is 12.8. The zero-order valence-electron chi connectivity index (χ0n) is 12.8. The summed E-state index contributed by atoms with van der Waals surface area (Å²) in [5.41, 5.74) is 3.36. The van der Waals surface area contributed by atoms with E-state index < -0.39 is 0 Å². The number of ether oxygens (including phenoxy) is 2. The van der Waals surface area contributed by atoms with Gasteiger partial charge in [-0.2, -0.15) is 0 Å². The number of hydrogen-bond donors (Lipinski definition) is 1. The molecule has 0 fully saturated rings. The molecule has 1 aromatic carbocycles. The molecule has 0 spiro atoms. The molecule has 1 aromatic heterocycles. The highest BCUT2D eigenvalue weighted by Crippen LogP contribution is 2.36. The van der Waals surface area contributed by atoms with Gasteiger partial charge in [-0.3, -0.25) is 4.98 Å². The average molecular weight is 288 g/mol. The summed E-state index contributed by atoms with van der Waals surface area (Å²) in [4.78, 5) is 6.41. The van der Waals surface area contributed by atoms with Gasteiger partial charge in [0.25, 0.3) is 0 Å². The molecular weight excluding hydrogens is 268 g/mol. The third-order valence-electron chi connectivity index (χ3n) is 3.31. The van der Waals surface area contributed by atoms with Crippen LogP contribution >= 0.6 is 0 Å². The van der Waals surface area contributed by atoms with Crippen molar-refractivity contribution in [1.29, 1.82) is 0 Å². The van der Waals surface area contributed by atoms with E-state index in [2.05, 4.69) is 4.98 Å². The van der Waals surface area contributed by atoms with Crippen molar-refractivity contribution in [3.8, 4) is 22.8 Å². The minimum Gasteiger partial charge on any atom is -0.496 e. The number of aliphatic hydroxyl groups excluding tert-OH is 1. The van der Waals surface area contributed by atoms with Gasteiger partial charge in [0.15, 0.2) is 0 Å². The molecule has 0 unspecified atom stereocenters. The second kappa shape index (κ2) is 6.45. The second-order valence-electron chi connectivity index (χ2n) is 4.82. The van der Waals surface area contributed by atoms with Crippen LogP contribution in [0.15, 0.2) is 30.5 Å². The Balaban J connectivity index is 2.59. The van der Waals surface area contributed by atoms with Gasteiger partial charge >= 0.3 is 0 Å². The van der Waals surface area contributed by atoms with Crippen LogP contribution in [0.3, 0.4) is 0 Å². The van der Waals surface area contributed by atoms with Crippen molar-refractivity contribution < 1.29 is 14.6 Å². The highest BCUT2D eigenvalue weighted by molar-refractivity contribution is 5.72. The van der Waals surface area contributed by atoms with Crippen LogP contribution in [0.5, 0.6) is 11.5 Å². The van der Waals surface area contributed by atoms with Gasteiger partial charge in [-0.1, -0.05) is 0 Å². The molecule has 5 heteroatoms. The maximum absolute atomic E-state index is 9.48. The summed E-state index contributed by atoms with van der Waals surface area (Å²) in [5.74, 6) is 1.26. The molecule has 21 heavy (non-hydrogen) atoms. The lowest BCUT2D eigenvalue weighted by atomic mass is 10.0. The Kier molecular flexibility index (Phi) is 4.65. The van der Waals surface area contributed by atoms with E-state index in [1.165, 1.54) is 0 Å². The number of pyridine rings is 1. The molecule has 0 atom stereocenters. The number of methoxy groups -OCH3 is 2. The molecule has 5 nitrogen and oxygen atoms in total. The van der Waals surface area contributed by atoms with Crippen molar-refractivity contribution in [1.82, 2.24) is 4.98 Å². The van der Waals surface area contributed by atoms with Crippen LogP contribution in [-0.2, 0) is 6.61 Å². The van der Waals surface area contributed by atoms with Gasteiger partial charge in [-0.15, -0.1) is 0 Å². The fourth-order valence-electron chi connectivity index (χ4n) is 2.13. The normalized spacial score (nSPS) is 10.3. The standard InChI is InChI=1S/C16H20N2O3/c1-18(2)12-5-6-17-14(8-12)13-7-11(10-19)15(20-3)9-16(13)21-4/h5-9,19H,10H2,1-4H3. The van der Waals surface area contributed by atoms with E-state index in [0.717, 1.165) is 16.9 Å². The average Bonchev–Trinajstić information content (AvgIpc) is 2.53. The third kappa shape index (κ3) is 3.08. The predicted octanol–water partition coefficient (Wildman–Crippen LogP) is 2.32. The molecule has 0 bridgehead atoms. The number of nitrogens with zero attached hydrogens (tertiary/aromatic N) is 2. The van der Waals surface area contributed by atoms with Gasteiger partial charge in [-0.25, -0.2) is 0 Å². The molecular formula is C16H20N2O3. The second-order valence-corrected chi connectivity index (χ2v) is 4.82. The van der Waals surface area contributed by atoms with E-state index in [1.54, 1.807) is 26.5 Å². The first-order valence-electron chi connectivity index (χ1n) is 6.60. The van der Waals surface area contributed by atoms with Crippen molar-refractivity contribution in [2.75, 3.05) is 33.2 Å². The van der Waals surface area contributed by atoms with E-state index in [-0.39, 0.29) is 6.61 Å². The van der Waals surface area contributed by atoms with Crippen molar-refractivity contribution in [3.63, 3.8) is 0 Å². The largest absolute Gasteiger partial charge is 0.496 e. The van der Waals surface area contributed by atoms with Crippen LogP contribution in [-0.4, -0.2) is 38.4 Å². The topological polar surface area (TPSA) is 54.8 Å². The number of aliphatic hydroxyl groups is 1. The lowest BCUT2D eigenvalue weighted by molar-refractivity contribution is 0.273. The Morgan fingerprint density at radius 1 is 1.10 bits per heavy atom. The van der Waals surface area contributed by atoms with Crippen molar-refractivity contribution in [2.45, 2.75) is 6.61 Å². The molecule has 1 N–H and O–H groups in total. The first-order valence-corrected chi connectivity index (χ1v) is 6.60. The summed E-state index contributed by atoms with van der Waals surface area (Å²) >= 11 is 0. The Hall–Kier alpha value is -2.27. The molecule has 0 radical (unpaired) electrons. The molecule has 0 amide bonds. The fourth-order valence-corrected chi connectivity index (χ4v) is 2.13. The summed E-state index contributed by atoms with van der Waals surface area (Å²) in [6.07, 6.45) is 1.76. The molecule has 2 aromatic rings. The van der Waals surface area contributed by atoms with Crippen LogP contribution in [0.2, 0.25) is 0 Å². The summed E-state index contributed by atoms with van der Waals surface area (Å²) in [6, 6.07) is 7.53. The van der Waals surface area contributed by atoms with E-state index >= 15 is 0 Å². The van der Waals surface area contributed by atoms with Gasteiger partial charge in [0, 0.05) is 43.2 Å². The van der Waals surface area contributed by atoms with Crippen LogP contribution in [0, 0.1) is 0 Å². The minimum absolute atomic E-state index is 0.104. The zero-order chi connectivity index (χ0) is 15.4. The quantitative estimate of drug-likeness (QED) is 0.915. The smallest absolute Gasteiger partial charge is 0.131 e. The van der Waals surface area contributed by atoms with Crippen molar-refractivity contribution >= 4 is 5.69 Å². The highest BCUT2D eigenvalue weighted by atomic mass is 16.5. The van der Waals surface area contributed by atoms with Crippen molar-refractivity contribution in [3.05, 3.63) is 36.0 Å². The summed E-state index contributed by atoms with van der Waals surface area (Å²) < 4.78 is 10.7. The lowest BCUT2D eigenvalue weighted by Gasteiger charge is -2.16. The minimum atomic E-state index is -0.104. The van der Waals surface area contributed by atoms with Gasteiger partial charge in [-0.05, 0) is 18.2 Å². The van der Waals surface area contributed by atoms with Gasteiger partial charge in [0.1, 0.15) is 11.5 Å². The van der Waals surface area contributed by atoms with E-state index in [4.69, 9.17) is 9.47 Å². The van der Waals surface area contributed by atoms with Crippen LogP contribution in [0.25, 0.3) is 11.3 Å². The first-order chi connectivity index (χ1) is 10.1. The Labute approximate surface area is 124 Å². The fraction of sp³-hybridized carbons (Fsp3) is 0.312. The van der Waals surface area contributed by atoms with E-state index in [0.29, 0.717) is 17.1 Å². The molecule has 1 heterocycles. The monoisotopic (exact) mass is 288 g/mol. The summed E-state index contributed by atoms with van der Waals surface area (Å²) in [7, 11) is 7.12. The van der Waals surface area contributed by atoms with Crippen molar-refractivity contribution in [2.24, 2.45) is 0 Å². The SMILES string of the molecule is COc1cc(OC)c(-c2cc(N(C)C)ccn2)cc1CO. The molecule has 0 aliphatic carbocycles. The van der Waals surface area contributed by atoms with Gasteiger partial charge < -0.3 is 19.5 Å². The predicted molar refractivity (Wildman–Crippen MR) is 83.0 cm³/mol. The van der Waals surface area contributed by atoms with Crippen LogP contribution in [0.1, 0.15) is 5.56 Å². The van der Waals surface area contributed by atoms with Crippen LogP contribution in [0.4, 0.5) is 5.69 Å². The highest BCUT2D eigenvalue weighted by Gasteiger charge is 2.14. The van der Waals surface area contributed by atoms with Crippen LogP contribution < -0.4 is 14.4 Å². The number of benzene rings is 1. The Morgan fingerprint density at radius 3 is 2.38 bits per heavy atom. The van der Waals surface area contributed by atoms with Gasteiger partial charge in [0.05, 0.1) is 26.5 Å². The molecule has 0 saturated carbocycles. The summed E-state index contributed by atoms with van der Waals surface area (Å²) in [6.45, 7) is -0.104. The van der Waals surface area contributed by atoms with E-state index in [1.807, 2.05) is 37.2 Å². The molecule has 2 rings (SSSR count). The number of rotatable bonds is 5.